The zero-order chi connectivity index (χ0) is 14.5. The van der Waals surface area contributed by atoms with Crippen LogP contribution in [-0.4, -0.2) is 11.0 Å². The van der Waals surface area contributed by atoms with E-state index in [2.05, 4.69) is 15.6 Å². The largest absolute Gasteiger partial charge is 0.332 e. The molecule has 1 heterocycles. The first-order chi connectivity index (χ1) is 9.54. The summed E-state index contributed by atoms with van der Waals surface area (Å²) in [6.07, 6.45) is 0. The predicted molar refractivity (Wildman–Crippen MR) is 81.0 cm³/mol. The molecule has 0 fully saturated rings. The number of hydrogen-bond acceptors (Lipinski definition) is 2. The molecule has 0 spiro atoms. The van der Waals surface area contributed by atoms with Gasteiger partial charge >= 0.3 is 6.03 Å². The third-order valence-corrected chi connectivity index (χ3v) is 3.06. The molecule has 2 amide bonds. The van der Waals surface area contributed by atoms with Gasteiger partial charge in [0.05, 0.1) is 22.9 Å². The Morgan fingerprint density at radius 3 is 2.75 bits per heavy atom. The summed E-state index contributed by atoms with van der Waals surface area (Å²) in [6, 6.07) is 10.9. The number of hydrogen-bond donors (Lipinski definition) is 2. The summed E-state index contributed by atoms with van der Waals surface area (Å²) in [5.74, 6) is 0. The third-order valence-electron chi connectivity index (χ3n) is 2.75. The van der Waals surface area contributed by atoms with Crippen LogP contribution in [0.5, 0.6) is 0 Å². The van der Waals surface area contributed by atoms with Crippen LogP contribution in [0.2, 0.25) is 5.02 Å². The first kappa shape index (κ1) is 14.3. The van der Waals surface area contributed by atoms with E-state index in [1.807, 2.05) is 38.1 Å². The highest BCUT2D eigenvalue weighted by atomic mass is 35.5. The van der Waals surface area contributed by atoms with E-state index in [1.165, 1.54) is 0 Å². The molecule has 0 unspecified atom stereocenters. The van der Waals surface area contributed by atoms with Gasteiger partial charge in [0, 0.05) is 5.69 Å². The molecule has 0 aliphatic heterocycles. The summed E-state index contributed by atoms with van der Waals surface area (Å²) in [6.45, 7) is 4.23. The van der Waals surface area contributed by atoms with Crippen molar-refractivity contribution in [3.8, 4) is 0 Å². The Kier molecular flexibility index (Phi) is 4.58. The first-order valence-corrected chi connectivity index (χ1v) is 6.66. The fraction of sp³-hybridized carbons (Fsp3) is 0.200. The standard InChI is InChI=1S/C15H16ClN3O/c1-10-6-7-14(13(16)8-10)19-15(20)17-9-12-5-3-4-11(2)18-12/h3-8H,9H2,1-2H3,(H2,17,19,20). The van der Waals surface area contributed by atoms with Gasteiger partial charge in [-0.1, -0.05) is 23.7 Å². The van der Waals surface area contributed by atoms with Crippen LogP contribution >= 0.6 is 11.6 Å². The number of nitrogens with one attached hydrogen (secondary N) is 2. The molecule has 0 atom stereocenters. The molecule has 1 aromatic heterocycles. The van der Waals surface area contributed by atoms with Gasteiger partial charge in [-0.15, -0.1) is 0 Å². The van der Waals surface area contributed by atoms with Crippen molar-refractivity contribution in [2.75, 3.05) is 5.32 Å². The van der Waals surface area contributed by atoms with E-state index in [-0.39, 0.29) is 6.03 Å². The summed E-state index contributed by atoms with van der Waals surface area (Å²) >= 11 is 6.06. The van der Waals surface area contributed by atoms with Crippen LogP contribution in [0.4, 0.5) is 10.5 Å². The molecule has 0 saturated heterocycles. The van der Waals surface area contributed by atoms with Crippen molar-refractivity contribution in [3.63, 3.8) is 0 Å². The van der Waals surface area contributed by atoms with E-state index in [0.717, 1.165) is 17.0 Å². The summed E-state index contributed by atoms with van der Waals surface area (Å²) < 4.78 is 0. The van der Waals surface area contributed by atoms with Gasteiger partial charge in [-0.3, -0.25) is 4.98 Å². The van der Waals surface area contributed by atoms with Crippen molar-refractivity contribution in [1.82, 2.24) is 10.3 Å². The molecule has 2 aromatic rings. The number of benzene rings is 1. The van der Waals surface area contributed by atoms with Gasteiger partial charge in [-0.05, 0) is 43.7 Å². The number of pyridine rings is 1. The highest BCUT2D eigenvalue weighted by Gasteiger charge is 2.05. The van der Waals surface area contributed by atoms with Gasteiger partial charge in [0.1, 0.15) is 0 Å². The van der Waals surface area contributed by atoms with Crippen LogP contribution in [0.15, 0.2) is 36.4 Å². The van der Waals surface area contributed by atoms with E-state index in [0.29, 0.717) is 17.3 Å². The van der Waals surface area contributed by atoms with Crippen LogP contribution in [0, 0.1) is 13.8 Å². The third kappa shape index (κ3) is 3.96. The van der Waals surface area contributed by atoms with Crippen molar-refractivity contribution >= 4 is 23.3 Å². The van der Waals surface area contributed by atoms with Crippen molar-refractivity contribution in [2.45, 2.75) is 20.4 Å². The Bertz CT molecular complexity index is 628. The normalized spacial score (nSPS) is 10.2. The molecule has 0 bridgehead atoms. The minimum absolute atomic E-state index is 0.306. The molecule has 2 N–H and O–H groups in total. The summed E-state index contributed by atoms with van der Waals surface area (Å²) in [5, 5.41) is 5.98. The van der Waals surface area contributed by atoms with Gasteiger partial charge in [-0.25, -0.2) is 4.79 Å². The van der Waals surface area contributed by atoms with Gasteiger partial charge in [0.25, 0.3) is 0 Å². The number of nitrogens with zero attached hydrogens (tertiary/aromatic N) is 1. The lowest BCUT2D eigenvalue weighted by atomic mass is 10.2. The van der Waals surface area contributed by atoms with Crippen LogP contribution in [0.25, 0.3) is 0 Å². The number of aromatic nitrogens is 1. The Labute approximate surface area is 123 Å². The number of carbonyl (C=O) groups excluding carboxylic acids is 1. The second-order valence-electron chi connectivity index (χ2n) is 4.56. The maximum absolute atomic E-state index is 11.8. The Morgan fingerprint density at radius 1 is 1.25 bits per heavy atom. The topological polar surface area (TPSA) is 54.0 Å². The SMILES string of the molecule is Cc1ccc(NC(=O)NCc2cccc(C)n2)c(Cl)c1. The van der Waals surface area contributed by atoms with E-state index in [1.54, 1.807) is 12.1 Å². The number of carbonyl (C=O) groups is 1. The van der Waals surface area contributed by atoms with Crippen LogP contribution in [0.3, 0.4) is 0 Å². The van der Waals surface area contributed by atoms with Gasteiger partial charge in [0.2, 0.25) is 0 Å². The molecule has 2 rings (SSSR count). The zero-order valence-corrected chi connectivity index (χ0v) is 12.2. The smallest absolute Gasteiger partial charge is 0.319 e. The number of aryl methyl sites for hydroxylation is 2. The second-order valence-corrected chi connectivity index (χ2v) is 4.97. The van der Waals surface area contributed by atoms with Crippen molar-refractivity contribution < 1.29 is 4.79 Å². The monoisotopic (exact) mass is 289 g/mol. The number of urea groups is 1. The second kappa shape index (κ2) is 6.39. The Balaban J connectivity index is 1.92. The Hall–Kier alpha value is -2.07. The number of halogens is 1. The Morgan fingerprint density at radius 2 is 2.05 bits per heavy atom. The van der Waals surface area contributed by atoms with Crippen LogP contribution in [0.1, 0.15) is 17.0 Å². The molecule has 0 saturated carbocycles. The highest BCUT2D eigenvalue weighted by Crippen LogP contribution is 2.22. The maximum Gasteiger partial charge on any atom is 0.319 e. The van der Waals surface area contributed by atoms with E-state index in [4.69, 9.17) is 11.6 Å². The lowest BCUT2D eigenvalue weighted by Crippen LogP contribution is -2.28. The molecule has 0 aliphatic rings. The molecule has 0 radical (unpaired) electrons. The minimum Gasteiger partial charge on any atom is -0.332 e. The maximum atomic E-state index is 11.8. The quantitative estimate of drug-likeness (QED) is 0.906. The lowest BCUT2D eigenvalue weighted by Gasteiger charge is -2.09. The van der Waals surface area contributed by atoms with Crippen molar-refractivity contribution in [1.29, 1.82) is 0 Å². The predicted octanol–water partition coefficient (Wildman–Crippen LogP) is 3.67. The van der Waals surface area contributed by atoms with Crippen LogP contribution < -0.4 is 10.6 Å². The zero-order valence-electron chi connectivity index (χ0n) is 11.4. The average molecular weight is 290 g/mol. The van der Waals surface area contributed by atoms with Gasteiger partial charge in [0.15, 0.2) is 0 Å². The molecule has 5 heteroatoms. The molecule has 4 nitrogen and oxygen atoms in total. The molecular weight excluding hydrogens is 274 g/mol. The minimum atomic E-state index is -0.306. The molecule has 104 valence electrons. The fourth-order valence-corrected chi connectivity index (χ4v) is 2.04. The highest BCUT2D eigenvalue weighted by molar-refractivity contribution is 6.33. The molecule has 20 heavy (non-hydrogen) atoms. The van der Waals surface area contributed by atoms with E-state index < -0.39 is 0 Å². The fourth-order valence-electron chi connectivity index (χ4n) is 1.76. The molecule has 1 aromatic carbocycles. The number of amides is 2. The summed E-state index contributed by atoms with van der Waals surface area (Å²) in [5.41, 5.74) is 3.37. The summed E-state index contributed by atoms with van der Waals surface area (Å²) in [7, 11) is 0. The van der Waals surface area contributed by atoms with E-state index in [9.17, 15) is 4.79 Å². The van der Waals surface area contributed by atoms with Gasteiger partial charge < -0.3 is 10.6 Å². The molecular formula is C15H16ClN3O. The van der Waals surface area contributed by atoms with Crippen LogP contribution in [-0.2, 0) is 6.54 Å². The van der Waals surface area contributed by atoms with Crippen molar-refractivity contribution in [2.24, 2.45) is 0 Å². The first-order valence-electron chi connectivity index (χ1n) is 6.28. The number of anilines is 1. The summed E-state index contributed by atoms with van der Waals surface area (Å²) in [4.78, 5) is 16.1. The average Bonchev–Trinajstić information content (AvgIpc) is 2.40. The van der Waals surface area contributed by atoms with Gasteiger partial charge in [-0.2, -0.15) is 0 Å². The lowest BCUT2D eigenvalue weighted by molar-refractivity contribution is 0.251. The number of rotatable bonds is 3. The van der Waals surface area contributed by atoms with Crippen molar-refractivity contribution in [3.05, 3.63) is 58.4 Å². The van der Waals surface area contributed by atoms with E-state index >= 15 is 0 Å². The molecule has 0 aliphatic carbocycles.